The number of benzene rings is 1. The number of urea groups is 1. The number of carbonyl (C=O) groups excluding carboxylic acids is 2. The summed E-state index contributed by atoms with van der Waals surface area (Å²) in [5.41, 5.74) is 3.32. The molecule has 0 spiro atoms. The zero-order chi connectivity index (χ0) is 16.9. The van der Waals surface area contributed by atoms with Crippen molar-refractivity contribution in [1.29, 1.82) is 0 Å². The minimum absolute atomic E-state index is 0.255. The first-order chi connectivity index (χ1) is 10.1. The van der Waals surface area contributed by atoms with Crippen LogP contribution in [0.25, 0.3) is 0 Å². The predicted octanol–water partition coefficient (Wildman–Crippen LogP) is 0.942. The molecule has 0 saturated carbocycles. The van der Waals surface area contributed by atoms with Crippen LogP contribution >= 0.6 is 0 Å². The molecule has 0 aliphatic heterocycles. The van der Waals surface area contributed by atoms with E-state index in [-0.39, 0.29) is 18.0 Å². The average molecular weight is 306 g/mol. The third-order valence-electron chi connectivity index (χ3n) is 3.19. The van der Waals surface area contributed by atoms with Crippen LogP contribution in [0.5, 0.6) is 0 Å². The smallest absolute Gasteiger partial charge is 0.322 e. The Morgan fingerprint density at radius 1 is 1.18 bits per heavy atom. The van der Waals surface area contributed by atoms with Crippen LogP contribution in [0.1, 0.15) is 37.5 Å². The highest BCUT2D eigenvalue weighted by atomic mass is 16.2. The van der Waals surface area contributed by atoms with Crippen molar-refractivity contribution in [2.75, 3.05) is 13.6 Å². The number of hydrogen-bond acceptors (Lipinski definition) is 2. The minimum atomic E-state index is -0.447. The van der Waals surface area contributed by atoms with Crippen LogP contribution in [0.4, 0.5) is 4.79 Å². The van der Waals surface area contributed by atoms with E-state index in [0.717, 1.165) is 11.4 Å². The molecule has 0 aromatic heterocycles. The van der Waals surface area contributed by atoms with Crippen LogP contribution in [0.15, 0.2) is 18.2 Å². The predicted molar refractivity (Wildman–Crippen MR) is 87.8 cm³/mol. The Hall–Kier alpha value is -1.88. The number of likely N-dealkylation sites (N-methyl/N-ethyl adjacent to an activating group) is 1. The van der Waals surface area contributed by atoms with Gasteiger partial charge < -0.3 is 10.2 Å². The molecule has 0 fully saturated rings. The molecule has 1 rings (SSSR count). The molecule has 5 heteroatoms. The van der Waals surface area contributed by atoms with E-state index in [9.17, 15) is 9.59 Å². The third kappa shape index (κ3) is 6.72. The number of carbonyl (C=O) groups is 2. The number of rotatable bonds is 4. The summed E-state index contributed by atoms with van der Waals surface area (Å²) in [6, 6.07) is 5.86. The van der Waals surface area contributed by atoms with E-state index in [1.54, 1.807) is 0 Å². The van der Waals surface area contributed by atoms with Crippen molar-refractivity contribution >= 4 is 11.9 Å². The van der Waals surface area contributed by atoms with E-state index in [1.165, 1.54) is 16.7 Å². The lowest BCUT2D eigenvalue weighted by molar-refractivity contribution is -0.885. The molecule has 0 bridgehead atoms. The lowest BCUT2D eigenvalue weighted by atomic mass is 10.1. The largest absolute Gasteiger partial charge is 0.333 e. The second kappa shape index (κ2) is 7.40. The summed E-state index contributed by atoms with van der Waals surface area (Å²) in [5, 5.41) is 5.08. The van der Waals surface area contributed by atoms with Gasteiger partial charge in [-0.05, 0) is 40.2 Å². The molecule has 1 aromatic rings. The standard InChI is InChI=1S/C17H27N3O2/c1-12-7-8-14(13(2)9-12)10-20(6)11-15(21)18-16(22)19-17(3,4)5/h7-9H,10-11H2,1-6H3,(H2,18,19,21,22)/p+1. The number of nitrogens with one attached hydrogen (secondary N) is 3. The number of aryl methyl sites for hydroxylation is 2. The fourth-order valence-corrected chi connectivity index (χ4v) is 2.25. The normalized spacial score (nSPS) is 12.6. The Labute approximate surface area is 133 Å². The average Bonchev–Trinajstić information content (AvgIpc) is 2.29. The van der Waals surface area contributed by atoms with E-state index in [1.807, 2.05) is 27.8 Å². The Balaban J connectivity index is 2.49. The molecule has 0 radical (unpaired) electrons. The maximum absolute atomic E-state index is 11.9. The molecule has 3 amide bonds. The first-order valence-electron chi connectivity index (χ1n) is 7.56. The highest BCUT2D eigenvalue weighted by Gasteiger charge is 2.18. The molecular weight excluding hydrogens is 278 g/mol. The number of quaternary nitrogens is 1. The molecule has 122 valence electrons. The van der Waals surface area contributed by atoms with Gasteiger partial charge in [-0.1, -0.05) is 23.8 Å². The second-order valence-electron chi connectivity index (χ2n) is 6.99. The van der Waals surface area contributed by atoms with Crippen molar-refractivity contribution in [3.8, 4) is 0 Å². The first kappa shape index (κ1) is 18.2. The van der Waals surface area contributed by atoms with Crippen molar-refractivity contribution in [3.05, 3.63) is 34.9 Å². The van der Waals surface area contributed by atoms with Gasteiger partial charge in [0.15, 0.2) is 6.54 Å². The topological polar surface area (TPSA) is 62.6 Å². The zero-order valence-electron chi connectivity index (χ0n) is 14.5. The Morgan fingerprint density at radius 2 is 1.82 bits per heavy atom. The van der Waals surface area contributed by atoms with Crippen molar-refractivity contribution in [1.82, 2.24) is 10.6 Å². The maximum atomic E-state index is 11.9. The minimum Gasteiger partial charge on any atom is -0.333 e. The Morgan fingerprint density at radius 3 is 2.36 bits per heavy atom. The second-order valence-corrected chi connectivity index (χ2v) is 6.99. The number of imide groups is 1. The lowest BCUT2D eigenvalue weighted by Gasteiger charge is -2.21. The highest BCUT2D eigenvalue weighted by Crippen LogP contribution is 2.08. The Bertz CT molecular complexity index is 547. The van der Waals surface area contributed by atoms with Gasteiger partial charge in [0.05, 0.1) is 7.05 Å². The van der Waals surface area contributed by atoms with Gasteiger partial charge in [0.25, 0.3) is 5.91 Å². The molecular formula is C17H28N3O2+. The van der Waals surface area contributed by atoms with Gasteiger partial charge in [-0.25, -0.2) is 4.79 Å². The van der Waals surface area contributed by atoms with Gasteiger partial charge >= 0.3 is 6.03 Å². The molecule has 1 atom stereocenters. The highest BCUT2D eigenvalue weighted by molar-refractivity contribution is 5.94. The lowest BCUT2D eigenvalue weighted by Crippen LogP contribution is -3.09. The molecule has 0 saturated heterocycles. The van der Waals surface area contributed by atoms with E-state index in [4.69, 9.17) is 0 Å². The SMILES string of the molecule is Cc1ccc(C[NH+](C)CC(=O)NC(=O)NC(C)(C)C)c(C)c1. The molecule has 0 heterocycles. The van der Waals surface area contributed by atoms with E-state index in [0.29, 0.717) is 0 Å². The molecule has 5 nitrogen and oxygen atoms in total. The van der Waals surface area contributed by atoms with Crippen LogP contribution in [-0.4, -0.2) is 31.1 Å². The first-order valence-corrected chi connectivity index (χ1v) is 7.56. The van der Waals surface area contributed by atoms with Crippen LogP contribution in [0.3, 0.4) is 0 Å². The van der Waals surface area contributed by atoms with E-state index >= 15 is 0 Å². The molecule has 22 heavy (non-hydrogen) atoms. The summed E-state index contributed by atoms with van der Waals surface area (Å²) in [6.07, 6.45) is 0. The summed E-state index contributed by atoms with van der Waals surface area (Å²) in [5.74, 6) is -0.274. The van der Waals surface area contributed by atoms with E-state index < -0.39 is 6.03 Å². The quantitative estimate of drug-likeness (QED) is 0.775. The molecule has 1 aromatic carbocycles. The monoisotopic (exact) mass is 306 g/mol. The summed E-state index contributed by atoms with van der Waals surface area (Å²) in [4.78, 5) is 24.6. The maximum Gasteiger partial charge on any atom is 0.322 e. The van der Waals surface area contributed by atoms with E-state index in [2.05, 4.69) is 42.7 Å². The molecule has 0 aliphatic carbocycles. The van der Waals surface area contributed by atoms with Crippen LogP contribution in [0, 0.1) is 13.8 Å². The van der Waals surface area contributed by atoms with Crippen LogP contribution < -0.4 is 15.5 Å². The summed E-state index contributed by atoms with van der Waals surface area (Å²) in [7, 11) is 1.94. The van der Waals surface area contributed by atoms with Gasteiger partial charge in [-0.3, -0.25) is 10.1 Å². The number of amides is 3. The van der Waals surface area contributed by atoms with Crippen molar-refractivity contribution in [2.24, 2.45) is 0 Å². The van der Waals surface area contributed by atoms with Gasteiger partial charge in [-0.2, -0.15) is 0 Å². The van der Waals surface area contributed by atoms with Crippen molar-refractivity contribution in [2.45, 2.75) is 46.7 Å². The fourth-order valence-electron chi connectivity index (χ4n) is 2.25. The summed E-state index contributed by atoms with van der Waals surface area (Å²) < 4.78 is 0. The summed E-state index contributed by atoms with van der Waals surface area (Å²) >= 11 is 0. The van der Waals surface area contributed by atoms with Gasteiger partial charge in [0, 0.05) is 11.1 Å². The molecule has 0 aliphatic rings. The van der Waals surface area contributed by atoms with Crippen molar-refractivity contribution in [3.63, 3.8) is 0 Å². The number of hydrogen-bond donors (Lipinski definition) is 3. The van der Waals surface area contributed by atoms with Crippen LogP contribution in [0.2, 0.25) is 0 Å². The van der Waals surface area contributed by atoms with Crippen molar-refractivity contribution < 1.29 is 14.5 Å². The van der Waals surface area contributed by atoms with Gasteiger partial charge in [0.1, 0.15) is 6.54 Å². The van der Waals surface area contributed by atoms with Gasteiger partial charge in [-0.15, -0.1) is 0 Å². The van der Waals surface area contributed by atoms with Crippen LogP contribution in [-0.2, 0) is 11.3 Å². The Kier molecular flexibility index (Phi) is 6.11. The fraction of sp³-hybridized carbons (Fsp3) is 0.529. The zero-order valence-corrected chi connectivity index (χ0v) is 14.5. The third-order valence-corrected chi connectivity index (χ3v) is 3.19. The van der Waals surface area contributed by atoms with Gasteiger partial charge in [0.2, 0.25) is 0 Å². The molecule has 1 unspecified atom stereocenters. The summed E-state index contributed by atoms with van der Waals surface area (Å²) in [6.45, 7) is 10.8. The molecule has 3 N–H and O–H groups in total.